The standard InChI is InChI=1S/C9H20N2O2/c1-9(2,13)5-6-10-7-8(12)11(3)4/h10,13H,5-7H2,1-4H3. The monoisotopic (exact) mass is 188 g/mol. The van der Waals surface area contributed by atoms with E-state index < -0.39 is 5.60 Å². The Morgan fingerprint density at radius 3 is 2.38 bits per heavy atom. The Kier molecular flexibility index (Phi) is 4.95. The molecule has 0 saturated carbocycles. The summed E-state index contributed by atoms with van der Waals surface area (Å²) in [5.41, 5.74) is -0.659. The van der Waals surface area contributed by atoms with E-state index in [-0.39, 0.29) is 5.91 Å². The number of carbonyl (C=O) groups excluding carboxylic acids is 1. The molecule has 0 aromatic rings. The molecule has 0 unspecified atom stereocenters. The molecule has 0 saturated heterocycles. The number of rotatable bonds is 5. The van der Waals surface area contributed by atoms with Gasteiger partial charge in [0.2, 0.25) is 5.91 Å². The number of amides is 1. The highest BCUT2D eigenvalue weighted by atomic mass is 16.3. The van der Waals surface area contributed by atoms with E-state index in [9.17, 15) is 9.90 Å². The zero-order valence-electron chi connectivity index (χ0n) is 8.92. The Labute approximate surface area is 79.9 Å². The van der Waals surface area contributed by atoms with E-state index >= 15 is 0 Å². The minimum Gasteiger partial charge on any atom is -0.390 e. The molecule has 0 radical (unpaired) electrons. The van der Waals surface area contributed by atoms with Crippen LogP contribution in [0.25, 0.3) is 0 Å². The molecule has 4 heteroatoms. The van der Waals surface area contributed by atoms with Crippen LogP contribution in [0.4, 0.5) is 0 Å². The van der Waals surface area contributed by atoms with E-state index in [1.165, 1.54) is 4.90 Å². The fourth-order valence-corrected chi connectivity index (χ4v) is 0.748. The first-order chi connectivity index (χ1) is 5.83. The summed E-state index contributed by atoms with van der Waals surface area (Å²) in [5, 5.41) is 12.3. The van der Waals surface area contributed by atoms with Crippen LogP contribution in [0.2, 0.25) is 0 Å². The number of carbonyl (C=O) groups is 1. The Hall–Kier alpha value is -0.610. The SMILES string of the molecule is CN(C)C(=O)CNCCC(C)(C)O. The third-order valence-electron chi connectivity index (χ3n) is 1.69. The molecular formula is C9H20N2O2. The van der Waals surface area contributed by atoms with Gasteiger partial charge < -0.3 is 15.3 Å². The number of aliphatic hydroxyl groups is 1. The van der Waals surface area contributed by atoms with Crippen molar-refractivity contribution in [2.75, 3.05) is 27.2 Å². The first-order valence-electron chi connectivity index (χ1n) is 4.46. The van der Waals surface area contributed by atoms with Gasteiger partial charge in [0.25, 0.3) is 0 Å². The highest BCUT2D eigenvalue weighted by molar-refractivity contribution is 5.77. The maximum atomic E-state index is 11.1. The van der Waals surface area contributed by atoms with Crippen LogP contribution in [0, 0.1) is 0 Å². The van der Waals surface area contributed by atoms with Gasteiger partial charge in [0, 0.05) is 14.1 Å². The summed E-state index contributed by atoms with van der Waals surface area (Å²) in [6.07, 6.45) is 0.647. The molecule has 0 atom stereocenters. The first kappa shape index (κ1) is 12.4. The topological polar surface area (TPSA) is 52.6 Å². The van der Waals surface area contributed by atoms with Crippen molar-refractivity contribution in [1.82, 2.24) is 10.2 Å². The predicted octanol–water partition coefficient (Wildman–Crippen LogP) is -0.175. The number of likely N-dealkylation sites (N-methyl/N-ethyl adjacent to an activating group) is 1. The van der Waals surface area contributed by atoms with Gasteiger partial charge in [0.05, 0.1) is 12.1 Å². The summed E-state index contributed by atoms with van der Waals surface area (Å²) in [7, 11) is 3.44. The quantitative estimate of drug-likeness (QED) is 0.589. The Balaban J connectivity index is 3.42. The minimum absolute atomic E-state index is 0.0516. The van der Waals surface area contributed by atoms with Crippen molar-refractivity contribution >= 4 is 5.91 Å². The highest BCUT2D eigenvalue weighted by Gasteiger charge is 2.11. The van der Waals surface area contributed by atoms with Crippen LogP contribution in [0.1, 0.15) is 20.3 Å². The second-order valence-electron chi connectivity index (χ2n) is 4.03. The zero-order chi connectivity index (χ0) is 10.5. The van der Waals surface area contributed by atoms with E-state index in [1.54, 1.807) is 27.9 Å². The van der Waals surface area contributed by atoms with Gasteiger partial charge in [-0.15, -0.1) is 0 Å². The van der Waals surface area contributed by atoms with Gasteiger partial charge in [-0.2, -0.15) is 0 Å². The highest BCUT2D eigenvalue weighted by Crippen LogP contribution is 2.04. The van der Waals surface area contributed by atoms with E-state index in [0.29, 0.717) is 19.5 Å². The smallest absolute Gasteiger partial charge is 0.236 e. The molecule has 0 aromatic heterocycles. The molecule has 0 rings (SSSR count). The van der Waals surface area contributed by atoms with Gasteiger partial charge in [-0.3, -0.25) is 4.79 Å². The molecule has 0 bridgehead atoms. The zero-order valence-corrected chi connectivity index (χ0v) is 8.92. The number of hydrogen-bond acceptors (Lipinski definition) is 3. The largest absolute Gasteiger partial charge is 0.390 e. The van der Waals surface area contributed by atoms with Crippen molar-refractivity contribution in [3.05, 3.63) is 0 Å². The lowest BCUT2D eigenvalue weighted by Gasteiger charge is -2.17. The van der Waals surface area contributed by atoms with Gasteiger partial charge in [-0.05, 0) is 26.8 Å². The van der Waals surface area contributed by atoms with Crippen LogP contribution >= 0.6 is 0 Å². The average Bonchev–Trinajstić information content (AvgIpc) is 1.95. The van der Waals surface area contributed by atoms with Crippen LogP contribution in [0.3, 0.4) is 0 Å². The van der Waals surface area contributed by atoms with Crippen LogP contribution in [0.15, 0.2) is 0 Å². The minimum atomic E-state index is -0.659. The molecule has 4 nitrogen and oxygen atoms in total. The average molecular weight is 188 g/mol. The molecule has 1 amide bonds. The third-order valence-corrected chi connectivity index (χ3v) is 1.69. The molecule has 0 aliphatic heterocycles. The Bertz CT molecular complexity index is 161. The molecule has 78 valence electrons. The van der Waals surface area contributed by atoms with E-state index in [4.69, 9.17) is 0 Å². The van der Waals surface area contributed by atoms with Gasteiger partial charge in [-0.25, -0.2) is 0 Å². The van der Waals surface area contributed by atoms with Gasteiger partial charge >= 0.3 is 0 Å². The van der Waals surface area contributed by atoms with E-state index in [1.807, 2.05) is 0 Å². The molecule has 2 N–H and O–H groups in total. The second kappa shape index (κ2) is 5.19. The fraction of sp³-hybridized carbons (Fsp3) is 0.889. The third kappa shape index (κ3) is 7.74. The van der Waals surface area contributed by atoms with Crippen LogP contribution < -0.4 is 5.32 Å². The number of nitrogens with one attached hydrogen (secondary N) is 1. The normalized spacial score (nSPS) is 11.5. The van der Waals surface area contributed by atoms with Crippen molar-refractivity contribution in [1.29, 1.82) is 0 Å². The summed E-state index contributed by atoms with van der Waals surface area (Å²) < 4.78 is 0. The Morgan fingerprint density at radius 1 is 1.46 bits per heavy atom. The molecule has 0 fully saturated rings. The van der Waals surface area contributed by atoms with Crippen molar-refractivity contribution in [2.45, 2.75) is 25.9 Å². The number of nitrogens with zero attached hydrogens (tertiary/aromatic N) is 1. The van der Waals surface area contributed by atoms with Crippen LogP contribution in [-0.4, -0.2) is 48.7 Å². The Morgan fingerprint density at radius 2 is 2.00 bits per heavy atom. The second-order valence-corrected chi connectivity index (χ2v) is 4.03. The van der Waals surface area contributed by atoms with Crippen LogP contribution in [0.5, 0.6) is 0 Å². The van der Waals surface area contributed by atoms with Crippen molar-refractivity contribution in [2.24, 2.45) is 0 Å². The van der Waals surface area contributed by atoms with Gasteiger partial charge in [0.1, 0.15) is 0 Å². The lowest BCUT2D eigenvalue weighted by atomic mass is 10.1. The summed E-state index contributed by atoms with van der Waals surface area (Å²) in [5.74, 6) is 0.0516. The first-order valence-corrected chi connectivity index (χ1v) is 4.46. The maximum absolute atomic E-state index is 11.1. The molecule has 0 heterocycles. The molecule has 0 spiro atoms. The van der Waals surface area contributed by atoms with Crippen molar-refractivity contribution < 1.29 is 9.90 Å². The molecule has 13 heavy (non-hydrogen) atoms. The molecule has 0 aliphatic rings. The van der Waals surface area contributed by atoms with Gasteiger partial charge in [-0.1, -0.05) is 0 Å². The lowest BCUT2D eigenvalue weighted by Crippen LogP contribution is -2.35. The van der Waals surface area contributed by atoms with Gasteiger partial charge in [0.15, 0.2) is 0 Å². The predicted molar refractivity (Wildman–Crippen MR) is 52.5 cm³/mol. The molecule has 0 aliphatic carbocycles. The lowest BCUT2D eigenvalue weighted by molar-refractivity contribution is -0.127. The van der Waals surface area contributed by atoms with Crippen LogP contribution in [-0.2, 0) is 4.79 Å². The van der Waals surface area contributed by atoms with Crippen molar-refractivity contribution in [3.8, 4) is 0 Å². The summed E-state index contributed by atoms with van der Waals surface area (Å²) >= 11 is 0. The summed E-state index contributed by atoms with van der Waals surface area (Å²) in [6, 6.07) is 0. The molecular weight excluding hydrogens is 168 g/mol. The maximum Gasteiger partial charge on any atom is 0.236 e. The fourth-order valence-electron chi connectivity index (χ4n) is 0.748. The molecule has 0 aromatic carbocycles. The summed E-state index contributed by atoms with van der Waals surface area (Å²) in [4.78, 5) is 12.6. The van der Waals surface area contributed by atoms with E-state index in [0.717, 1.165) is 0 Å². The van der Waals surface area contributed by atoms with Crippen molar-refractivity contribution in [3.63, 3.8) is 0 Å². The summed E-state index contributed by atoms with van der Waals surface area (Å²) in [6.45, 7) is 4.50. The van der Waals surface area contributed by atoms with E-state index in [2.05, 4.69) is 5.32 Å². The number of hydrogen-bond donors (Lipinski definition) is 2.